The fourth-order valence-electron chi connectivity index (χ4n) is 3.57. The van der Waals surface area contributed by atoms with Crippen LogP contribution in [0.2, 0.25) is 0 Å². The quantitative estimate of drug-likeness (QED) is 0.505. The lowest BCUT2D eigenvalue weighted by atomic mass is 9.93. The number of rotatable bonds is 8. The van der Waals surface area contributed by atoms with E-state index in [1.807, 2.05) is 56.3 Å². The number of hydrazine groups is 1. The van der Waals surface area contributed by atoms with Gasteiger partial charge < -0.3 is 5.32 Å². The molecule has 1 heterocycles. The number of urea groups is 1. The van der Waals surface area contributed by atoms with E-state index in [2.05, 4.69) is 10.7 Å². The van der Waals surface area contributed by atoms with Crippen molar-refractivity contribution >= 4 is 23.6 Å². The Hall–Kier alpha value is -3.48. The van der Waals surface area contributed by atoms with Crippen molar-refractivity contribution in [2.24, 2.45) is 0 Å². The van der Waals surface area contributed by atoms with Crippen LogP contribution in [-0.2, 0) is 16.0 Å². The van der Waals surface area contributed by atoms with E-state index in [1.165, 1.54) is 0 Å². The summed E-state index contributed by atoms with van der Waals surface area (Å²) < 4.78 is 0. The van der Waals surface area contributed by atoms with Crippen LogP contribution in [0.25, 0.3) is 0 Å². The van der Waals surface area contributed by atoms with Crippen molar-refractivity contribution in [2.75, 3.05) is 0 Å². The SMILES string of the molecule is Cc1ccc(C)c(C(=O)CCC(=O)NN2C(=O)NC(C)(CCc3ccccc3)C2=O)c1. The molecule has 1 aliphatic rings. The number of aryl methyl sites for hydroxylation is 3. The number of hydrogen-bond acceptors (Lipinski definition) is 4. The van der Waals surface area contributed by atoms with E-state index >= 15 is 0 Å². The second kappa shape index (κ2) is 9.12. The number of imide groups is 1. The van der Waals surface area contributed by atoms with Gasteiger partial charge in [-0.25, -0.2) is 4.79 Å². The van der Waals surface area contributed by atoms with Crippen LogP contribution in [0.5, 0.6) is 0 Å². The van der Waals surface area contributed by atoms with Crippen molar-refractivity contribution in [2.45, 2.75) is 52.0 Å². The van der Waals surface area contributed by atoms with E-state index in [0.717, 1.165) is 21.7 Å². The van der Waals surface area contributed by atoms with Gasteiger partial charge in [0.2, 0.25) is 5.91 Å². The van der Waals surface area contributed by atoms with Gasteiger partial charge in [-0.3, -0.25) is 19.8 Å². The van der Waals surface area contributed by atoms with Crippen LogP contribution in [0.1, 0.15) is 53.2 Å². The third kappa shape index (κ3) is 5.17. The normalized spacial score (nSPS) is 18.1. The van der Waals surface area contributed by atoms with Crippen molar-refractivity contribution in [3.8, 4) is 0 Å². The van der Waals surface area contributed by atoms with Crippen molar-refractivity contribution in [1.82, 2.24) is 15.8 Å². The summed E-state index contributed by atoms with van der Waals surface area (Å²) in [5.74, 6) is -1.22. The summed E-state index contributed by atoms with van der Waals surface area (Å²) in [5, 5.41) is 3.38. The first-order chi connectivity index (χ1) is 14.7. The maximum absolute atomic E-state index is 12.8. The summed E-state index contributed by atoms with van der Waals surface area (Å²) >= 11 is 0. The fraction of sp³-hybridized carbons (Fsp3) is 0.333. The molecule has 162 valence electrons. The monoisotopic (exact) mass is 421 g/mol. The van der Waals surface area contributed by atoms with Crippen molar-refractivity contribution < 1.29 is 19.2 Å². The Kier molecular flexibility index (Phi) is 6.53. The summed E-state index contributed by atoms with van der Waals surface area (Å²) in [4.78, 5) is 49.9. The molecule has 2 aromatic rings. The van der Waals surface area contributed by atoms with Gasteiger partial charge in [-0.15, -0.1) is 0 Å². The summed E-state index contributed by atoms with van der Waals surface area (Å²) in [7, 11) is 0. The van der Waals surface area contributed by atoms with Gasteiger partial charge in [0.1, 0.15) is 5.54 Å². The average molecular weight is 421 g/mol. The summed E-state index contributed by atoms with van der Waals surface area (Å²) in [5.41, 5.74) is 4.69. The van der Waals surface area contributed by atoms with E-state index in [1.54, 1.807) is 13.0 Å². The summed E-state index contributed by atoms with van der Waals surface area (Å²) in [6.45, 7) is 5.39. The van der Waals surface area contributed by atoms with Crippen LogP contribution in [0.4, 0.5) is 4.79 Å². The molecule has 1 saturated heterocycles. The van der Waals surface area contributed by atoms with Crippen LogP contribution in [0, 0.1) is 13.8 Å². The minimum atomic E-state index is -1.10. The van der Waals surface area contributed by atoms with Crippen LogP contribution in [-0.4, -0.2) is 34.2 Å². The number of carbonyl (C=O) groups is 4. The van der Waals surface area contributed by atoms with E-state index in [4.69, 9.17) is 0 Å². The molecule has 0 aromatic heterocycles. The maximum Gasteiger partial charge on any atom is 0.344 e. The predicted octanol–water partition coefficient (Wildman–Crippen LogP) is 3.24. The lowest BCUT2D eigenvalue weighted by Gasteiger charge is -2.21. The highest BCUT2D eigenvalue weighted by Crippen LogP contribution is 2.22. The van der Waals surface area contributed by atoms with Gasteiger partial charge in [-0.05, 0) is 50.8 Å². The van der Waals surface area contributed by atoms with Gasteiger partial charge in [-0.2, -0.15) is 5.01 Å². The van der Waals surface area contributed by atoms with Crippen molar-refractivity contribution in [3.63, 3.8) is 0 Å². The molecule has 1 atom stereocenters. The highest BCUT2D eigenvalue weighted by molar-refractivity contribution is 6.08. The molecule has 1 fully saturated rings. The molecule has 1 unspecified atom stereocenters. The highest BCUT2D eigenvalue weighted by atomic mass is 16.2. The molecule has 2 N–H and O–H groups in total. The molecular formula is C24H27N3O4. The Labute approximate surface area is 181 Å². The molecule has 31 heavy (non-hydrogen) atoms. The first-order valence-electron chi connectivity index (χ1n) is 10.3. The van der Waals surface area contributed by atoms with Gasteiger partial charge in [0.15, 0.2) is 5.78 Å². The molecular weight excluding hydrogens is 394 g/mol. The van der Waals surface area contributed by atoms with E-state index in [9.17, 15) is 19.2 Å². The Morgan fingerprint density at radius 2 is 1.74 bits per heavy atom. The van der Waals surface area contributed by atoms with Crippen LogP contribution >= 0.6 is 0 Å². The van der Waals surface area contributed by atoms with E-state index in [0.29, 0.717) is 18.4 Å². The zero-order chi connectivity index (χ0) is 22.6. The minimum Gasteiger partial charge on any atom is -0.322 e. The molecule has 0 aliphatic carbocycles. The lowest BCUT2D eigenvalue weighted by Crippen LogP contribution is -2.49. The van der Waals surface area contributed by atoms with Gasteiger partial charge in [0, 0.05) is 18.4 Å². The molecule has 4 amide bonds. The Bertz CT molecular complexity index is 1020. The number of amides is 4. The summed E-state index contributed by atoms with van der Waals surface area (Å²) in [6, 6.07) is 14.6. The number of nitrogens with one attached hydrogen (secondary N) is 2. The lowest BCUT2D eigenvalue weighted by molar-refractivity contribution is -0.138. The first-order valence-corrected chi connectivity index (χ1v) is 10.3. The zero-order valence-electron chi connectivity index (χ0n) is 18.0. The van der Waals surface area contributed by atoms with Crippen molar-refractivity contribution in [3.05, 3.63) is 70.8 Å². The standard InChI is InChI=1S/C24H27N3O4/c1-16-9-10-17(2)19(15-16)20(28)11-12-21(29)26-27-22(30)24(3,25-23(27)31)14-13-18-7-5-4-6-8-18/h4-10,15H,11-14H2,1-3H3,(H,25,31)(H,26,29). The van der Waals surface area contributed by atoms with Crippen LogP contribution < -0.4 is 10.7 Å². The molecule has 0 spiro atoms. The number of nitrogens with zero attached hydrogens (tertiary/aromatic N) is 1. The Morgan fingerprint density at radius 1 is 1.03 bits per heavy atom. The number of ketones is 1. The Morgan fingerprint density at radius 3 is 2.45 bits per heavy atom. The molecule has 0 saturated carbocycles. The number of carbonyl (C=O) groups excluding carboxylic acids is 4. The zero-order valence-corrected chi connectivity index (χ0v) is 18.0. The number of hydrogen-bond donors (Lipinski definition) is 2. The molecule has 1 aliphatic heterocycles. The van der Waals surface area contributed by atoms with Gasteiger partial charge >= 0.3 is 6.03 Å². The van der Waals surface area contributed by atoms with Gasteiger partial charge in [0.05, 0.1) is 0 Å². The third-order valence-electron chi connectivity index (χ3n) is 5.53. The average Bonchev–Trinajstić information content (AvgIpc) is 2.96. The Balaban J connectivity index is 1.56. The predicted molar refractivity (Wildman–Crippen MR) is 116 cm³/mol. The maximum atomic E-state index is 12.8. The molecule has 0 radical (unpaired) electrons. The minimum absolute atomic E-state index is 0.00888. The fourth-order valence-corrected chi connectivity index (χ4v) is 3.57. The second-order valence-electron chi connectivity index (χ2n) is 8.16. The van der Waals surface area contributed by atoms with Crippen molar-refractivity contribution in [1.29, 1.82) is 0 Å². The number of Topliss-reactive ketones (excluding diaryl/α,β-unsaturated/α-hetero) is 1. The van der Waals surface area contributed by atoms with Crippen LogP contribution in [0.3, 0.4) is 0 Å². The van der Waals surface area contributed by atoms with Gasteiger partial charge in [-0.1, -0.05) is 48.0 Å². The van der Waals surface area contributed by atoms with Gasteiger partial charge in [0.25, 0.3) is 5.91 Å². The molecule has 2 aromatic carbocycles. The topological polar surface area (TPSA) is 95.6 Å². The molecule has 3 rings (SSSR count). The summed E-state index contributed by atoms with van der Waals surface area (Å²) in [6.07, 6.45) is 0.879. The van der Waals surface area contributed by atoms with E-state index in [-0.39, 0.29) is 18.6 Å². The smallest absolute Gasteiger partial charge is 0.322 e. The second-order valence-corrected chi connectivity index (χ2v) is 8.16. The first kappa shape index (κ1) is 22.2. The molecule has 7 heteroatoms. The molecule has 0 bridgehead atoms. The molecule has 7 nitrogen and oxygen atoms in total. The van der Waals surface area contributed by atoms with E-state index < -0.39 is 23.4 Å². The number of benzene rings is 2. The highest BCUT2D eigenvalue weighted by Gasteiger charge is 2.48. The largest absolute Gasteiger partial charge is 0.344 e. The van der Waals surface area contributed by atoms with Crippen LogP contribution in [0.15, 0.2) is 48.5 Å². The third-order valence-corrected chi connectivity index (χ3v) is 5.53.